The molecule has 0 aromatic heterocycles. The molecule has 0 unspecified atom stereocenters. The lowest BCUT2D eigenvalue weighted by Gasteiger charge is -2.07. The Morgan fingerprint density at radius 1 is 0.812 bits per heavy atom. The first-order valence-electron chi connectivity index (χ1n) is 12.7. The van der Waals surface area contributed by atoms with E-state index in [1.165, 1.54) is 115 Å². The molecular formula is C26H45N3O2S. The molecule has 1 aromatic rings. The molecule has 0 saturated carbocycles. The van der Waals surface area contributed by atoms with Crippen molar-refractivity contribution in [2.24, 2.45) is 5.10 Å². The van der Waals surface area contributed by atoms with Crippen LogP contribution in [0.3, 0.4) is 0 Å². The van der Waals surface area contributed by atoms with Gasteiger partial charge in [-0.15, -0.1) is 0 Å². The smallest absolute Gasteiger partial charge is 0.186 e. The molecule has 0 atom stereocenters. The van der Waals surface area contributed by atoms with E-state index in [0.29, 0.717) is 10.7 Å². The molecular weight excluding hydrogens is 418 g/mol. The Balaban J connectivity index is 1.84. The fourth-order valence-electron chi connectivity index (χ4n) is 3.72. The van der Waals surface area contributed by atoms with Gasteiger partial charge in [0.2, 0.25) is 0 Å². The third-order valence-corrected chi connectivity index (χ3v) is 5.94. The fraction of sp³-hybridized carbons (Fsp3) is 0.692. The van der Waals surface area contributed by atoms with Crippen LogP contribution >= 0.6 is 12.2 Å². The predicted octanol–water partition coefficient (Wildman–Crippen LogP) is 7.16. The topological polar surface area (TPSA) is 76.9 Å². The Bertz CT molecular complexity index is 637. The van der Waals surface area contributed by atoms with Crippen LogP contribution in [0.2, 0.25) is 0 Å². The zero-order valence-corrected chi connectivity index (χ0v) is 20.9. The van der Waals surface area contributed by atoms with E-state index in [2.05, 4.69) is 22.8 Å². The van der Waals surface area contributed by atoms with E-state index in [-0.39, 0.29) is 11.5 Å². The van der Waals surface area contributed by atoms with Crippen molar-refractivity contribution in [2.45, 2.75) is 110 Å². The first kappa shape index (κ1) is 28.2. The van der Waals surface area contributed by atoms with Gasteiger partial charge in [-0.3, -0.25) is 5.43 Å². The minimum Gasteiger partial charge on any atom is -0.508 e. The summed E-state index contributed by atoms with van der Waals surface area (Å²) in [5.74, 6) is -0.00815. The molecule has 0 saturated heterocycles. The van der Waals surface area contributed by atoms with Crippen molar-refractivity contribution in [1.29, 1.82) is 0 Å². The largest absolute Gasteiger partial charge is 0.508 e. The molecule has 0 bridgehead atoms. The third-order valence-electron chi connectivity index (χ3n) is 5.70. The van der Waals surface area contributed by atoms with Crippen LogP contribution in [-0.2, 0) is 0 Å². The SMILES string of the molecule is CCCCCCCCCCCCCCCCCCNC(=S)NN=Cc1ccc(O)cc1O. The van der Waals surface area contributed by atoms with Crippen LogP contribution in [-0.4, -0.2) is 28.1 Å². The number of hydrogen-bond donors (Lipinski definition) is 4. The van der Waals surface area contributed by atoms with Gasteiger partial charge in [0.15, 0.2) is 5.11 Å². The number of phenolic OH excluding ortho intramolecular Hbond substituents is 2. The molecule has 6 heteroatoms. The van der Waals surface area contributed by atoms with Crippen molar-refractivity contribution in [1.82, 2.24) is 10.7 Å². The molecule has 4 N–H and O–H groups in total. The maximum Gasteiger partial charge on any atom is 0.186 e. The third kappa shape index (κ3) is 15.9. The Hall–Kier alpha value is -1.82. The Kier molecular flexibility index (Phi) is 17.5. The van der Waals surface area contributed by atoms with Crippen LogP contribution in [0.25, 0.3) is 0 Å². The second-order valence-corrected chi connectivity index (χ2v) is 9.08. The molecule has 1 aromatic carbocycles. The highest BCUT2D eigenvalue weighted by Crippen LogP contribution is 2.20. The number of rotatable bonds is 19. The van der Waals surface area contributed by atoms with Crippen molar-refractivity contribution in [3.8, 4) is 11.5 Å². The minimum absolute atomic E-state index is 0.0172. The molecule has 0 aliphatic carbocycles. The minimum atomic E-state index is -0.0254. The quantitative estimate of drug-likeness (QED) is 0.0758. The van der Waals surface area contributed by atoms with E-state index in [1.807, 2.05) is 0 Å². The summed E-state index contributed by atoms with van der Waals surface area (Å²) in [5, 5.41) is 26.6. The zero-order chi connectivity index (χ0) is 23.3. The van der Waals surface area contributed by atoms with E-state index in [9.17, 15) is 10.2 Å². The van der Waals surface area contributed by atoms with Gasteiger partial charge in [-0.2, -0.15) is 5.10 Å². The highest BCUT2D eigenvalue weighted by atomic mass is 32.1. The van der Waals surface area contributed by atoms with E-state index >= 15 is 0 Å². The van der Waals surface area contributed by atoms with E-state index in [4.69, 9.17) is 12.2 Å². The van der Waals surface area contributed by atoms with Crippen LogP contribution < -0.4 is 10.7 Å². The van der Waals surface area contributed by atoms with Crippen molar-refractivity contribution >= 4 is 23.5 Å². The molecule has 0 amide bonds. The summed E-state index contributed by atoms with van der Waals surface area (Å²) >= 11 is 5.19. The van der Waals surface area contributed by atoms with Crippen LogP contribution in [0.5, 0.6) is 11.5 Å². The fourth-order valence-corrected chi connectivity index (χ4v) is 3.87. The normalized spacial score (nSPS) is 11.2. The average molecular weight is 464 g/mol. The second-order valence-electron chi connectivity index (χ2n) is 8.67. The summed E-state index contributed by atoms with van der Waals surface area (Å²) < 4.78 is 0. The maximum absolute atomic E-state index is 9.70. The van der Waals surface area contributed by atoms with Gasteiger partial charge in [0, 0.05) is 18.2 Å². The van der Waals surface area contributed by atoms with Gasteiger partial charge >= 0.3 is 0 Å². The number of unbranched alkanes of at least 4 members (excludes halogenated alkanes) is 15. The van der Waals surface area contributed by atoms with Crippen molar-refractivity contribution in [3.63, 3.8) is 0 Å². The monoisotopic (exact) mass is 463 g/mol. The van der Waals surface area contributed by atoms with Gasteiger partial charge in [-0.05, 0) is 30.8 Å². The summed E-state index contributed by atoms with van der Waals surface area (Å²) in [6.45, 7) is 3.12. The number of phenols is 2. The van der Waals surface area contributed by atoms with Gasteiger partial charge in [0.05, 0.1) is 6.21 Å². The number of nitrogens with one attached hydrogen (secondary N) is 2. The average Bonchev–Trinajstić information content (AvgIpc) is 2.77. The number of hydrazone groups is 1. The summed E-state index contributed by atoms with van der Waals surface area (Å²) in [5.41, 5.74) is 3.25. The lowest BCUT2D eigenvalue weighted by atomic mass is 10.0. The number of hydrogen-bond acceptors (Lipinski definition) is 4. The number of thiocarbonyl (C=S) groups is 1. The number of benzene rings is 1. The van der Waals surface area contributed by atoms with Crippen LogP contribution in [0.1, 0.15) is 115 Å². The van der Waals surface area contributed by atoms with Gasteiger partial charge in [-0.1, -0.05) is 103 Å². The van der Waals surface area contributed by atoms with Crippen LogP contribution in [0, 0.1) is 0 Å². The lowest BCUT2D eigenvalue weighted by molar-refractivity contribution is 0.450. The van der Waals surface area contributed by atoms with Gasteiger partial charge in [-0.25, -0.2) is 0 Å². The van der Waals surface area contributed by atoms with Crippen molar-refractivity contribution in [3.05, 3.63) is 23.8 Å². The Morgan fingerprint density at radius 3 is 1.81 bits per heavy atom. The number of aromatic hydroxyl groups is 2. The Morgan fingerprint density at radius 2 is 1.31 bits per heavy atom. The summed E-state index contributed by atoms with van der Waals surface area (Å²) in [6.07, 6.45) is 23.3. The standard InChI is InChI=1S/C26H45N3O2S/c1-2-3-4-5-6-7-8-9-10-11-12-13-14-15-16-17-20-27-26(32)29-28-22-23-18-19-24(30)21-25(23)31/h18-19,21-22,30-31H,2-17,20H2,1H3,(H2,27,29,32). The van der Waals surface area contributed by atoms with E-state index in [1.54, 1.807) is 6.07 Å². The van der Waals surface area contributed by atoms with Crippen LogP contribution in [0.4, 0.5) is 0 Å². The number of nitrogens with zero attached hydrogens (tertiary/aromatic N) is 1. The molecule has 0 heterocycles. The predicted molar refractivity (Wildman–Crippen MR) is 141 cm³/mol. The van der Waals surface area contributed by atoms with Gasteiger partial charge in [0.1, 0.15) is 11.5 Å². The van der Waals surface area contributed by atoms with Crippen molar-refractivity contribution in [2.75, 3.05) is 6.54 Å². The zero-order valence-electron chi connectivity index (χ0n) is 20.1. The molecule has 182 valence electrons. The Labute approximate surface area is 201 Å². The van der Waals surface area contributed by atoms with Crippen molar-refractivity contribution < 1.29 is 10.2 Å². The molecule has 0 radical (unpaired) electrons. The van der Waals surface area contributed by atoms with E-state index < -0.39 is 0 Å². The lowest BCUT2D eigenvalue weighted by Crippen LogP contribution is -2.32. The molecule has 5 nitrogen and oxygen atoms in total. The highest BCUT2D eigenvalue weighted by Gasteiger charge is 1.99. The maximum atomic E-state index is 9.70. The van der Waals surface area contributed by atoms with Crippen LogP contribution in [0.15, 0.2) is 23.3 Å². The highest BCUT2D eigenvalue weighted by molar-refractivity contribution is 7.80. The summed E-state index contributed by atoms with van der Waals surface area (Å²) in [6, 6.07) is 4.35. The first-order chi connectivity index (χ1) is 15.6. The molecule has 0 fully saturated rings. The summed E-state index contributed by atoms with van der Waals surface area (Å²) in [4.78, 5) is 0. The first-order valence-corrected chi connectivity index (χ1v) is 13.1. The van der Waals surface area contributed by atoms with E-state index in [0.717, 1.165) is 13.0 Å². The second kappa shape index (κ2) is 19.8. The molecule has 0 aliphatic rings. The van der Waals surface area contributed by atoms with Gasteiger partial charge < -0.3 is 15.5 Å². The molecule has 32 heavy (non-hydrogen) atoms. The molecule has 0 aliphatic heterocycles. The summed E-state index contributed by atoms with van der Waals surface area (Å²) in [7, 11) is 0. The van der Waals surface area contributed by atoms with Gasteiger partial charge in [0.25, 0.3) is 0 Å². The molecule has 1 rings (SSSR count). The molecule has 0 spiro atoms.